The molecule has 1 rings (SSSR count). The first kappa shape index (κ1) is 18.1. The summed E-state index contributed by atoms with van der Waals surface area (Å²) in [7, 11) is 7.50. The molecule has 0 saturated carbocycles. The maximum absolute atomic E-state index is 11.7. The molecule has 6 heteroatoms. The van der Waals surface area contributed by atoms with E-state index in [4.69, 9.17) is 0 Å². The number of aliphatic imine (C=N–C) groups is 1. The van der Waals surface area contributed by atoms with Gasteiger partial charge >= 0.3 is 0 Å². The summed E-state index contributed by atoms with van der Waals surface area (Å²) in [6, 6.07) is 4.11. The number of nitrogens with one attached hydrogen (secondary N) is 1. The Balaban J connectivity index is 2.77. The Labute approximate surface area is 133 Å². The average molecular weight is 307 g/mol. The monoisotopic (exact) mass is 307 g/mol. The molecule has 0 aliphatic rings. The number of guanidine groups is 1. The van der Waals surface area contributed by atoms with Crippen molar-refractivity contribution < 1.29 is 4.79 Å². The highest BCUT2D eigenvalue weighted by molar-refractivity contribution is 5.84. The van der Waals surface area contributed by atoms with E-state index in [0.29, 0.717) is 5.92 Å². The first-order chi connectivity index (χ1) is 10.3. The zero-order valence-electron chi connectivity index (χ0n) is 14.6. The van der Waals surface area contributed by atoms with Gasteiger partial charge in [0.15, 0.2) is 5.96 Å². The number of carbonyl (C=O) groups is 1. The number of rotatable bonds is 6. The molecular formula is C16H29N5O. The summed E-state index contributed by atoms with van der Waals surface area (Å²) in [6.07, 6.45) is 2.02. The number of hydrogen-bond acceptors (Lipinski definition) is 2. The van der Waals surface area contributed by atoms with Crippen molar-refractivity contribution in [3.05, 3.63) is 24.0 Å². The molecule has 1 N–H and O–H groups in total. The number of aryl methyl sites for hydroxylation is 1. The Hall–Kier alpha value is -1.98. The van der Waals surface area contributed by atoms with Crippen molar-refractivity contribution in [1.82, 2.24) is 19.7 Å². The van der Waals surface area contributed by atoms with Crippen molar-refractivity contribution in [3.8, 4) is 0 Å². The molecular weight excluding hydrogens is 278 g/mol. The highest BCUT2D eigenvalue weighted by Crippen LogP contribution is 2.04. The highest BCUT2D eigenvalue weighted by Gasteiger charge is 2.11. The second kappa shape index (κ2) is 8.46. The summed E-state index contributed by atoms with van der Waals surface area (Å²) in [5.41, 5.74) is 1.19. The Morgan fingerprint density at radius 1 is 1.36 bits per heavy atom. The van der Waals surface area contributed by atoms with Crippen LogP contribution < -0.4 is 5.32 Å². The Morgan fingerprint density at radius 2 is 2.05 bits per heavy atom. The van der Waals surface area contributed by atoms with Crippen molar-refractivity contribution in [3.63, 3.8) is 0 Å². The van der Waals surface area contributed by atoms with E-state index >= 15 is 0 Å². The van der Waals surface area contributed by atoms with Gasteiger partial charge in [0, 0.05) is 46.6 Å². The van der Waals surface area contributed by atoms with E-state index in [2.05, 4.69) is 34.8 Å². The van der Waals surface area contributed by atoms with Crippen molar-refractivity contribution in [1.29, 1.82) is 0 Å². The normalized spacial score (nSPS) is 11.7. The van der Waals surface area contributed by atoms with Gasteiger partial charge in [-0.25, -0.2) is 4.99 Å². The molecule has 0 bridgehead atoms. The van der Waals surface area contributed by atoms with Crippen molar-refractivity contribution in [2.24, 2.45) is 18.0 Å². The number of amides is 1. The van der Waals surface area contributed by atoms with Gasteiger partial charge < -0.3 is 19.7 Å². The first-order valence-corrected chi connectivity index (χ1v) is 7.61. The molecule has 0 saturated heterocycles. The van der Waals surface area contributed by atoms with Crippen LogP contribution in [0.15, 0.2) is 23.3 Å². The van der Waals surface area contributed by atoms with Crippen LogP contribution in [0.2, 0.25) is 0 Å². The topological polar surface area (TPSA) is 52.9 Å². The zero-order valence-corrected chi connectivity index (χ0v) is 14.6. The van der Waals surface area contributed by atoms with Crippen LogP contribution in [0, 0.1) is 5.92 Å². The predicted octanol–water partition coefficient (Wildman–Crippen LogP) is 1.15. The summed E-state index contributed by atoms with van der Waals surface area (Å²) in [5, 5.41) is 3.34. The van der Waals surface area contributed by atoms with Crippen LogP contribution in [0.25, 0.3) is 0 Å². The lowest BCUT2D eigenvalue weighted by Crippen LogP contribution is -2.41. The van der Waals surface area contributed by atoms with Crippen LogP contribution in [-0.4, -0.2) is 60.5 Å². The van der Waals surface area contributed by atoms with Crippen molar-refractivity contribution >= 4 is 11.9 Å². The molecule has 0 aliphatic carbocycles. The summed E-state index contributed by atoms with van der Waals surface area (Å²) in [4.78, 5) is 19.8. The first-order valence-electron chi connectivity index (χ1n) is 7.61. The molecule has 0 fully saturated rings. The third kappa shape index (κ3) is 5.79. The van der Waals surface area contributed by atoms with E-state index in [1.807, 2.05) is 31.3 Å². The van der Waals surface area contributed by atoms with E-state index in [0.717, 1.165) is 19.0 Å². The number of nitrogens with zero attached hydrogens (tertiary/aromatic N) is 4. The van der Waals surface area contributed by atoms with Gasteiger partial charge in [-0.3, -0.25) is 4.79 Å². The smallest absolute Gasteiger partial charge is 0.243 e. The molecule has 1 aromatic rings. The quantitative estimate of drug-likeness (QED) is 0.633. The Bertz CT molecular complexity index is 504. The fraction of sp³-hybridized carbons (Fsp3) is 0.625. The number of carbonyl (C=O) groups excluding carboxylic acids is 1. The minimum Gasteiger partial charge on any atom is -0.356 e. The number of hydrogen-bond donors (Lipinski definition) is 1. The second-order valence-electron chi connectivity index (χ2n) is 6.17. The minimum absolute atomic E-state index is 0.00360. The van der Waals surface area contributed by atoms with E-state index in [1.54, 1.807) is 19.0 Å². The van der Waals surface area contributed by atoms with E-state index in [1.165, 1.54) is 5.69 Å². The van der Waals surface area contributed by atoms with Gasteiger partial charge in [-0.05, 0) is 18.1 Å². The molecule has 1 heterocycles. The highest BCUT2D eigenvalue weighted by atomic mass is 16.2. The SMILES string of the molecule is CC(C)CNC(=NCC(=O)N(C)C)N(C)Cc1cccn1C. The van der Waals surface area contributed by atoms with Crippen LogP contribution in [0.5, 0.6) is 0 Å². The maximum Gasteiger partial charge on any atom is 0.243 e. The molecule has 0 aliphatic heterocycles. The third-order valence-corrected chi connectivity index (χ3v) is 3.34. The van der Waals surface area contributed by atoms with E-state index in [9.17, 15) is 4.79 Å². The second-order valence-corrected chi connectivity index (χ2v) is 6.17. The van der Waals surface area contributed by atoms with Crippen LogP contribution in [-0.2, 0) is 18.4 Å². The van der Waals surface area contributed by atoms with Gasteiger partial charge in [0.1, 0.15) is 6.54 Å². The maximum atomic E-state index is 11.7. The van der Waals surface area contributed by atoms with E-state index < -0.39 is 0 Å². The van der Waals surface area contributed by atoms with Gasteiger partial charge in [0.2, 0.25) is 5.91 Å². The van der Waals surface area contributed by atoms with Crippen molar-refractivity contribution in [2.45, 2.75) is 20.4 Å². The Morgan fingerprint density at radius 3 is 2.55 bits per heavy atom. The minimum atomic E-state index is -0.00360. The number of likely N-dealkylation sites (N-methyl/N-ethyl adjacent to an activating group) is 1. The van der Waals surface area contributed by atoms with Gasteiger partial charge in [0.25, 0.3) is 0 Å². The van der Waals surface area contributed by atoms with E-state index in [-0.39, 0.29) is 12.5 Å². The molecule has 0 aromatic carbocycles. The summed E-state index contributed by atoms with van der Waals surface area (Å²) in [6.45, 7) is 6.01. The molecule has 0 spiro atoms. The van der Waals surface area contributed by atoms with Gasteiger partial charge in [-0.1, -0.05) is 13.8 Å². The molecule has 0 unspecified atom stereocenters. The standard InChI is InChI=1S/C16H29N5O/c1-13(2)10-17-16(18-11-15(22)19(3)4)21(6)12-14-8-7-9-20(14)5/h7-9,13H,10-12H2,1-6H3,(H,17,18). The molecule has 1 aromatic heterocycles. The molecule has 124 valence electrons. The summed E-state index contributed by atoms with van der Waals surface area (Å²) < 4.78 is 2.08. The lowest BCUT2D eigenvalue weighted by atomic mass is 10.2. The fourth-order valence-electron chi connectivity index (χ4n) is 1.87. The molecule has 22 heavy (non-hydrogen) atoms. The summed E-state index contributed by atoms with van der Waals surface area (Å²) >= 11 is 0. The average Bonchev–Trinajstić information content (AvgIpc) is 2.83. The van der Waals surface area contributed by atoms with Crippen LogP contribution in [0.4, 0.5) is 0 Å². The van der Waals surface area contributed by atoms with Crippen molar-refractivity contribution in [2.75, 3.05) is 34.2 Å². The molecule has 0 atom stereocenters. The zero-order chi connectivity index (χ0) is 16.7. The van der Waals surface area contributed by atoms with Crippen LogP contribution >= 0.6 is 0 Å². The fourth-order valence-corrected chi connectivity index (χ4v) is 1.87. The van der Waals surface area contributed by atoms with Gasteiger partial charge in [-0.2, -0.15) is 0 Å². The third-order valence-electron chi connectivity index (χ3n) is 3.34. The molecule has 1 amide bonds. The van der Waals surface area contributed by atoms with Crippen LogP contribution in [0.1, 0.15) is 19.5 Å². The molecule has 6 nitrogen and oxygen atoms in total. The lowest BCUT2D eigenvalue weighted by Gasteiger charge is -2.23. The number of aromatic nitrogens is 1. The Kier molecular flexibility index (Phi) is 6.95. The van der Waals surface area contributed by atoms with Gasteiger partial charge in [0.05, 0.1) is 6.54 Å². The van der Waals surface area contributed by atoms with Gasteiger partial charge in [-0.15, -0.1) is 0 Å². The predicted molar refractivity (Wildman–Crippen MR) is 90.7 cm³/mol. The lowest BCUT2D eigenvalue weighted by molar-refractivity contribution is -0.127. The largest absolute Gasteiger partial charge is 0.356 e. The summed E-state index contributed by atoms with van der Waals surface area (Å²) in [5.74, 6) is 1.26. The van der Waals surface area contributed by atoms with Crippen LogP contribution in [0.3, 0.4) is 0 Å². The molecule has 0 radical (unpaired) electrons.